The minimum absolute atomic E-state index is 0.00972. The molecule has 5 rings (SSSR count). The topological polar surface area (TPSA) is 98.5 Å². The molecule has 2 heterocycles. The number of fused-ring (bicyclic) bond motifs is 2. The Kier molecular flexibility index (Phi) is 8.86. The maximum absolute atomic E-state index is 8.49. The van der Waals surface area contributed by atoms with Gasteiger partial charge >= 0.3 is 0 Å². The number of allylic oxidation sites excluding steroid dienone is 10. The van der Waals surface area contributed by atoms with E-state index >= 15 is 0 Å². The van der Waals surface area contributed by atoms with Crippen molar-refractivity contribution in [1.29, 1.82) is 0 Å². The summed E-state index contributed by atoms with van der Waals surface area (Å²) in [6.07, 6.45) is 15.1. The van der Waals surface area contributed by atoms with E-state index in [2.05, 4.69) is 136 Å². The number of hydrogen-bond acceptors (Lipinski definition) is 5. The van der Waals surface area contributed by atoms with Gasteiger partial charge in [-0.05, 0) is 55.5 Å². The van der Waals surface area contributed by atoms with E-state index in [-0.39, 0.29) is 10.8 Å². The Bertz CT molecular complexity index is 1520. The monoisotopic (exact) mass is 594 g/mol. The third kappa shape index (κ3) is 6.44. The summed E-state index contributed by atoms with van der Waals surface area (Å²) in [6, 6.07) is 17.3. The number of para-hydroxylation sites is 2. The molecule has 8 heteroatoms. The zero-order valence-electron chi connectivity index (χ0n) is 24.3. The van der Waals surface area contributed by atoms with Crippen LogP contribution in [0.4, 0.5) is 11.4 Å². The van der Waals surface area contributed by atoms with Crippen LogP contribution in [-0.2, 0) is 10.8 Å². The van der Waals surface area contributed by atoms with Gasteiger partial charge in [-0.3, -0.25) is 0 Å². The van der Waals surface area contributed by atoms with E-state index in [4.69, 9.17) is 30.2 Å². The number of anilines is 1. The second kappa shape index (κ2) is 11.7. The Morgan fingerprint density at radius 3 is 2.05 bits per heavy atom. The SMILES string of the molecule is CN1/C(=C/C=C/C=C2\CCC(/C=C/C3=[N+](C)c4ccccc4C3(C)C)=C2Cl)C(C)(C)c2ccccc21.[O-][Cl+3]([O-])([O-])[O-]. The molecule has 0 fully saturated rings. The number of nitrogens with zero attached hydrogens (tertiary/aromatic N) is 2. The van der Waals surface area contributed by atoms with E-state index in [1.807, 2.05) is 0 Å². The highest BCUT2D eigenvalue weighted by Gasteiger charge is 2.42. The van der Waals surface area contributed by atoms with Crippen LogP contribution in [0.2, 0.25) is 0 Å². The van der Waals surface area contributed by atoms with E-state index in [1.165, 1.54) is 45.1 Å². The van der Waals surface area contributed by atoms with Gasteiger partial charge < -0.3 is 4.90 Å². The Hall–Kier alpha value is -2.97. The number of rotatable bonds is 4. The number of hydrogen-bond donors (Lipinski definition) is 0. The Balaban J connectivity index is 0.000000714. The first kappa shape index (κ1) is 31.0. The molecule has 3 aliphatic rings. The third-order valence-corrected chi connectivity index (χ3v) is 8.70. The predicted molar refractivity (Wildman–Crippen MR) is 155 cm³/mol. The van der Waals surface area contributed by atoms with Gasteiger partial charge in [0.2, 0.25) is 5.69 Å². The average molecular weight is 596 g/mol. The smallest absolute Gasteiger partial charge is 0.209 e. The Morgan fingerprint density at radius 2 is 1.41 bits per heavy atom. The zero-order valence-corrected chi connectivity index (χ0v) is 25.8. The lowest BCUT2D eigenvalue weighted by molar-refractivity contribution is -2.00. The van der Waals surface area contributed by atoms with Crippen molar-refractivity contribution < 1.29 is 33.5 Å². The van der Waals surface area contributed by atoms with Crippen LogP contribution in [0.15, 0.2) is 107 Å². The van der Waals surface area contributed by atoms with Gasteiger partial charge in [0, 0.05) is 46.6 Å². The van der Waals surface area contributed by atoms with Gasteiger partial charge in [0.25, 0.3) is 0 Å². The highest BCUT2D eigenvalue weighted by atomic mass is 35.7. The molecule has 216 valence electrons. The number of benzene rings is 2. The first-order valence-corrected chi connectivity index (χ1v) is 15.1. The van der Waals surface area contributed by atoms with Gasteiger partial charge in [-0.15, -0.1) is 10.2 Å². The molecular formula is C33H36Cl2N2O4. The maximum Gasteiger partial charge on any atom is 0.209 e. The predicted octanol–water partition coefficient (Wildman–Crippen LogP) is 3.57. The van der Waals surface area contributed by atoms with Crippen molar-refractivity contribution in [2.75, 3.05) is 19.0 Å². The van der Waals surface area contributed by atoms with Crippen LogP contribution >= 0.6 is 11.6 Å². The molecule has 1 aliphatic carbocycles. The first-order valence-electron chi connectivity index (χ1n) is 13.4. The lowest BCUT2D eigenvalue weighted by Gasteiger charge is -2.23. The van der Waals surface area contributed by atoms with E-state index < -0.39 is 10.2 Å². The minimum atomic E-state index is -4.94. The number of likely N-dealkylation sites (N-methyl/N-ethyl adjacent to an activating group) is 1. The van der Waals surface area contributed by atoms with Crippen LogP contribution in [0.3, 0.4) is 0 Å². The van der Waals surface area contributed by atoms with Crippen LogP contribution in [0, 0.1) is 10.2 Å². The van der Waals surface area contributed by atoms with Crippen molar-refractivity contribution in [3.63, 3.8) is 0 Å². The second-order valence-electron chi connectivity index (χ2n) is 11.5. The molecule has 2 aromatic rings. The molecule has 6 nitrogen and oxygen atoms in total. The summed E-state index contributed by atoms with van der Waals surface area (Å²) in [7, 11) is -0.634. The fourth-order valence-electron chi connectivity index (χ4n) is 6.11. The van der Waals surface area contributed by atoms with Crippen molar-refractivity contribution in [3.8, 4) is 0 Å². The lowest BCUT2D eigenvalue weighted by Crippen LogP contribution is -2.68. The lowest BCUT2D eigenvalue weighted by atomic mass is 9.81. The Labute approximate surface area is 249 Å². The molecule has 0 bridgehead atoms. The van der Waals surface area contributed by atoms with Gasteiger partial charge in [-0.2, -0.15) is 4.58 Å². The average Bonchev–Trinajstić information content (AvgIpc) is 3.41. The fourth-order valence-corrected chi connectivity index (χ4v) is 6.42. The maximum atomic E-state index is 8.49. The largest absolute Gasteiger partial charge is 0.347 e. The highest BCUT2D eigenvalue weighted by Crippen LogP contribution is 2.46. The molecule has 0 unspecified atom stereocenters. The van der Waals surface area contributed by atoms with E-state index in [1.54, 1.807) is 0 Å². The molecule has 2 aliphatic heterocycles. The van der Waals surface area contributed by atoms with Crippen molar-refractivity contribution in [2.45, 2.75) is 51.4 Å². The summed E-state index contributed by atoms with van der Waals surface area (Å²) >= 11 is 6.84. The molecule has 41 heavy (non-hydrogen) atoms. The van der Waals surface area contributed by atoms with E-state index in [0.717, 1.165) is 17.9 Å². The van der Waals surface area contributed by atoms with Crippen LogP contribution in [-0.4, -0.2) is 24.4 Å². The van der Waals surface area contributed by atoms with E-state index in [0.29, 0.717) is 0 Å². The molecule has 0 N–H and O–H groups in total. The van der Waals surface area contributed by atoms with Gasteiger partial charge in [0.05, 0.1) is 5.41 Å². The van der Waals surface area contributed by atoms with Gasteiger partial charge in [-0.1, -0.05) is 86.2 Å². The summed E-state index contributed by atoms with van der Waals surface area (Å²) in [5.41, 5.74) is 10.3. The van der Waals surface area contributed by atoms with Crippen LogP contribution < -0.4 is 23.5 Å². The van der Waals surface area contributed by atoms with Crippen molar-refractivity contribution in [1.82, 2.24) is 0 Å². The molecule has 0 amide bonds. The van der Waals surface area contributed by atoms with Crippen LogP contribution in [0.1, 0.15) is 51.7 Å². The van der Waals surface area contributed by atoms with Crippen molar-refractivity contribution in [3.05, 3.63) is 118 Å². The molecule has 0 aromatic heterocycles. The van der Waals surface area contributed by atoms with Crippen molar-refractivity contribution >= 4 is 28.7 Å². The molecule has 0 spiro atoms. The fraction of sp³-hybridized carbons (Fsp3) is 0.303. The Morgan fingerprint density at radius 1 is 0.829 bits per heavy atom. The first-order chi connectivity index (χ1) is 19.1. The molecule has 0 saturated heterocycles. The standard InChI is InChI=1S/C33H36ClN2.ClHO4/c1-32(2)25-14-8-10-16-27(25)35(5)29(32)18-12-7-13-23-19-20-24(31(23)34)21-22-30-33(3,4)26-15-9-11-17-28(26)36(30)6;2-1(3,4)5/h7-18,21-22H,19-20H2,1-6H3;(H,2,3,4,5)/q+1;/p-1. The van der Waals surface area contributed by atoms with Crippen molar-refractivity contribution in [2.24, 2.45) is 0 Å². The summed E-state index contributed by atoms with van der Waals surface area (Å²) in [4.78, 5) is 2.30. The zero-order chi connectivity index (χ0) is 30.2. The van der Waals surface area contributed by atoms with Gasteiger partial charge in [0.15, 0.2) is 5.71 Å². The van der Waals surface area contributed by atoms with Gasteiger partial charge in [-0.25, -0.2) is 18.6 Å². The normalized spacial score (nSPS) is 21.4. The summed E-state index contributed by atoms with van der Waals surface area (Å²) < 4.78 is 36.3. The molecule has 0 saturated carbocycles. The summed E-state index contributed by atoms with van der Waals surface area (Å²) in [6.45, 7) is 9.18. The molecule has 2 aromatic carbocycles. The van der Waals surface area contributed by atoms with Crippen LogP contribution in [0.25, 0.3) is 0 Å². The second-order valence-corrected chi connectivity index (χ2v) is 12.6. The molecule has 0 radical (unpaired) electrons. The highest BCUT2D eigenvalue weighted by molar-refractivity contribution is 6.33. The van der Waals surface area contributed by atoms with Crippen LogP contribution in [0.5, 0.6) is 0 Å². The van der Waals surface area contributed by atoms with Gasteiger partial charge in [0.1, 0.15) is 7.05 Å². The number of halogens is 2. The summed E-state index contributed by atoms with van der Waals surface area (Å²) in [5, 5.41) is 0.894. The quantitative estimate of drug-likeness (QED) is 0.504. The summed E-state index contributed by atoms with van der Waals surface area (Å²) in [5.74, 6) is 0. The molecule has 0 atom stereocenters. The van der Waals surface area contributed by atoms with E-state index in [9.17, 15) is 0 Å². The third-order valence-electron chi connectivity index (χ3n) is 8.21. The molecular weight excluding hydrogens is 559 g/mol. The minimum Gasteiger partial charge on any atom is -0.347 e.